The van der Waals surface area contributed by atoms with Crippen LogP contribution in [0.1, 0.15) is 38.5 Å². The molecule has 2 amide bonds. The van der Waals surface area contributed by atoms with E-state index in [0.717, 1.165) is 51.0 Å². The Morgan fingerprint density at radius 1 is 1.14 bits per heavy atom. The lowest BCUT2D eigenvalue weighted by Gasteiger charge is -2.33. The fourth-order valence-corrected chi connectivity index (χ4v) is 5.04. The Bertz CT molecular complexity index is 411. The summed E-state index contributed by atoms with van der Waals surface area (Å²) in [6.07, 6.45) is 7.74. The van der Waals surface area contributed by atoms with E-state index in [-0.39, 0.29) is 6.03 Å². The number of carbonyl (C=O) groups excluding carboxylic acids is 1. The van der Waals surface area contributed by atoms with Gasteiger partial charge in [-0.3, -0.25) is 4.90 Å². The van der Waals surface area contributed by atoms with Crippen molar-refractivity contribution in [1.29, 1.82) is 0 Å². The summed E-state index contributed by atoms with van der Waals surface area (Å²) in [4.78, 5) is 17.1. The highest BCUT2D eigenvalue weighted by Gasteiger charge is 2.48. The third-order valence-electron chi connectivity index (χ3n) is 6.17. The molecule has 22 heavy (non-hydrogen) atoms. The maximum atomic E-state index is 12.4. The number of hydrogen-bond donors (Lipinski definition) is 1. The van der Waals surface area contributed by atoms with E-state index in [2.05, 4.69) is 15.1 Å². The normalized spacial score (nSPS) is 38.1. The number of likely N-dealkylation sites (tertiary alicyclic amines) is 1. The van der Waals surface area contributed by atoms with Crippen LogP contribution in [0.4, 0.5) is 4.79 Å². The minimum Gasteiger partial charge on any atom is -0.378 e. The molecule has 0 spiro atoms. The van der Waals surface area contributed by atoms with E-state index in [9.17, 15) is 4.79 Å². The van der Waals surface area contributed by atoms with Gasteiger partial charge in [-0.15, -0.1) is 0 Å². The third-order valence-corrected chi connectivity index (χ3v) is 6.17. The number of ether oxygens (including phenoxy) is 1. The molecule has 0 unspecified atom stereocenters. The first-order chi connectivity index (χ1) is 10.8. The van der Waals surface area contributed by atoms with Crippen LogP contribution in [-0.4, -0.2) is 67.3 Å². The molecule has 4 fully saturated rings. The van der Waals surface area contributed by atoms with Crippen LogP contribution in [0.5, 0.6) is 0 Å². The standard InChI is InChI=1S/C17H29N3O2/c21-17(18-7-6-14-4-3-9-22-14)20-11-13-10-19-8-2-1-5-16(19)15(13)12-20/h13-16H,1-12H2,(H,18,21)/t13-,14+,15-,16-/m1/s1. The van der Waals surface area contributed by atoms with Gasteiger partial charge >= 0.3 is 6.03 Å². The largest absolute Gasteiger partial charge is 0.378 e. The van der Waals surface area contributed by atoms with Crippen LogP contribution in [0.2, 0.25) is 0 Å². The zero-order valence-electron chi connectivity index (χ0n) is 13.5. The zero-order valence-corrected chi connectivity index (χ0v) is 13.5. The average Bonchev–Trinajstić information content (AvgIpc) is 3.22. The molecule has 4 aliphatic heterocycles. The van der Waals surface area contributed by atoms with Gasteiger partial charge in [-0.05, 0) is 50.5 Å². The van der Waals surface area contributed by atoms with Crippen molar-refractivity contribution >= 4 is 6.03 Å². The first-order valence-corrected chi connectivity index (χ1v) is 9.19. The van der Waals surface area contributed by atoms with Crippen molar-refractivity contribution in [3.8, 4) is 0 Å². The van der Waals surface area contributed by atoms with Gasteiger partial charge in [0.15, 0.2) is 0 Å². The third kappa shape index (κ3) is 2.85. The van der Waals surface area contributed by atoms with Crippen LogP contribution in [0.25, 0.3) is 0 Å². The molecular formula is C17H29N3O2. The molecule has 4 rings (SSSR count). The number of nitrogens with zero attached hydrogens (tertiary/aromatic N) is 2. The van der Waals surface area contributed by atoms with Crippen molar-refractivity contribution in [3.05, 3.63) is 0 Å². The van der Waals surface area contributed by atoms with E-state index in [0.29, 0.717) is 12.0 Å². The number of urea groups is 1. The van der Waals surface area contributed by atoms with Crippen LogP contribution >= 0.6 is 0 Å². The Morgan fingerprint density at radius 3 is 2.95 bits per heavy atom. The molecule has 4 atom stereocenters. The first kappa shape index (κ1) is 14.8. The van der Waals surface area contributed by atoms with Crippen LogP contribution in [0, 0.1) is 11.8 Å². The minimum atomic E-state index is 0.148. The number of fused-ring (bicyclic) bond motifs is 3. The van der Waals surface area contributed by atoms with Gasteiger partial charge < -0.3 is 15.0 Å². The number of nitrogens with one attached hydrogen (secondary N) is 1. The number of amides is 2. The molecule has 124 valence electrons. The summed E-state index contributed by atoms with van der Waals surface area (Å²) >= 11 is 0. The highest BCUT2D eigenvalue weighted by Crippen LogP contribution is 2.40. The molecule has 0 aliphatic carbocycles. The molecule has 1 N–H and O–H groups in total. The Kier molecular flexibility index (Phi) is 4.27. The summed E-state index contributed by atoms with van der Waals surface area (Å²) in [5, 5.41) is 3.11. The van der Waals surface area contributed by atoms with Crippen molar-refractivity contribution in [2.45, 2.75) is 50.7 Å². The van der Waals surface area contributed by atoms with Gasteiger partial charge in [-0.1, -0.05) is 6.42 Å². The molecule has 0 aromatic heterocycles. The molecule has 0 saturated carbocycles. The maximum absolute atomic E-state index is 12.4. The number of hydrogen-bond acceptors (Lipinski definition) is 3. The fourth-order valence-electron chi connectivity index (χ4n) is 5.04. The molecule has 0 bridgehead atoms. The van der Waals surface area contributed by atoms with E-state index in [1.54, 1.807) is 0 Å². The molecule has 5 heteroatoms. The molecule has 4 aliphatic rings. The quantitative estimate of drug-likeness (QED) is 0.863. The highest BCUT2D eigenvalue weighted by atomic mass is 16.5. The van der Waals surface area contributed by atoms with E-state index >= 15 is 0 Å². The molecule has 0 aromatic rings. The summed E-state index contributed by atoms with van der Waals surface area (Å²) in [7, 11) is 0. The van der Waals surface area contributed by atoms with Crippen molar-refractivity contribution in [3.63, 3.8) is 0 Å². The van der Waals surface area contributed by atoms with Gasteiger partial charge in [0.1, 0.15) is 0 Å². The molecule has 5 nitrogen and oxygen atoms in total. The Balaban J connectivity index is 1.23. The van der Waals surface area contributed by atoms with Crippen molar-refractivity contribution in [2.24, 2.45) is 11.8 Å². The lowest BCUT2D eigenvalue weighted by molar-refractivity contribution is 0.104. The molecule has 4 saturated heterocycles. The number of carbonyl (C=O) groups is 1. The van der Waals surface area contributed by atoms with E-state index in [4.69, 9.17) is 4.74 Å². The smallest absolute Gasteiger partial charge is 0.317 e. The van der Waals surface area contributed by atoms with Crippen molar-refractivity contribution < 1.29 is 9.53 Å². The van der Waals surface area contributed by atoms with E-state index < -0.39 is 0 Å². The van der Waals surface area contributed by atoms with Crippen molar-refractivity contribution in [1.82, 2.24) is 15.1 Å². The van der Waals surface area contributed by atoms with E-state index in [1.165, 1.54) is 38.8 Å². The number of rotatable bonds is 3. The Morgan fingerprint density at radius 2 is 2.09 bits per heavy atom. The van der Waals surface area contributed by atoms with Gasteiger partial charge in [-0.25, -0.2) is 4.79 Å². The molecule has 4 heterocycles. The van der Waals surface area contributed by atoms with Gasteiger partial charge in [0.25, 0.3) is 0 Å². The highest BCUT2D eigenvalue weighted by molar-refractivity contribution is 5.74. The van der Waals surface area contributed by atoms with Gasteiger partial charge in [0, 0.05) is 38.8 Å². The maximum Gasteiger partial charge on any atom is 0.317 e. The summed E-state index contributed by atoms with van der Waals surface area (Å²) < 4.78 is 5.61. The molecule has 0 aromatic carbocycles. The second-order valence-electron chi connectivity index (χ2n) is 7.54. The SMILES string of the molecule is O=C(NCC[C@@H]1CCCO1)N1C[C@H]2CN3CCCC[C@@H]3[C@@H]2C1. The minimum absolute atomic E-state index is 0.148. The van der Waals surface area contributed by atoms with Crippen molar-refractivity contribution in [2.75, 3.05) is 39.3 Å². The second kappa shape index (κ2) is 6.36. The summed E-state index contributed by atoms with van der Waals surface area (Å²) in [6.45, 7) is 6.08. The van der Waals surface area contributed by atoms with Gasteiger partial charge in [-0.2, -0.15) is 0 Å². The van der Waals surface area contributed by atoms with E-state index in [1.807, 2.05) is 0 Å². The topological polar surface area (TPSA) is 44.8 Å². The number of piperidine rings is 1. The average molecular weight is 307 g/mol. The predicted octanol–water partition coefficient (Wildman–Crippen LogP) is 1.68. The summed E-state index contributed by atoms with van der Waals surface area (Å²) in [6, 6.07) is 0.901. The predicted molar refractivity (Wildman–Crippen MR) is 84.8 cm³/mol. The fraction of sp³-hybridized carbons (Fsp3) is 0.941. The molecular weight excluding hydrogens is 278 g/mol. The lowest BCUT2D eigenvalue weighted by Crippen LogP contribution is -2.44. The monoisotopic (exact) mass is 307 g/mol. The second-order valence-corrected chi connectivity index (χ2v) is 7.54. The zero-order chi connectivity index (χ0) is 14.9. The molecule has 0 radical (unpaired) electrons. The Labute approximate surface area is 133 Å². The van der Waals surface area contributed by atoms with Crippen LogP contribution in [0.15, 0.2) is 0 Å². The van der Waals surface area contributed by atoms with Gasteiger partial charge in [0.05, 0.1) is 6.10 Å². The summed E-state index contributed by atoms with van der Waals surface area (Å²) in [5.74, 6) is 1.44. The first-order valence-electron chi connectivity index (χ1n) is 9.19. The van der Waals surface area contributed by atoms with Crippen LogP contribution in [-0.2, 0) is 4.74 Å². The summed E-state index contributed by atoms with van der Waals surface area (Å²) in [5.41, 5.74) is 0. The lowest BCUT2D eigenvalue weighted by atomic mass is 9.90. The van der Waals surface area contributed by atoms with Crippen LogP contribution < -0.4 is 5.32 Å². The van der Waals surface area contributed by atoms with Crippen LogP contribution in [0.3, 0.4) is 0 Å². The Hall–Kier alpha value is -0.810. The van der Waals surface area contributed by atoms with Gasteiger partial charge in [0.2, 0.25) is 0 Å².